The fraction of sp³-hybridized carbons (Fsp3) is 0.500. The lowest BCUT2D eigenvalue weighted by molar-refractivity contribution is 0.0523. The number of nitrogens with zero attached hydrogens (tertiary/aromatic N) is 1. The van der Waals surface area contributed by atoms with Gasteiger partial charge in [-0.1, -0.05) is 46.8 Å². The Balaban J connectivity index is 2.17. The van der Waals surface area contributed by atoms with Crippen LogP contribution >= 0.6 is 0 Å². The summed E-state index contributed by atoms with van der Waals surface area (Å²) in [6, 6.07) is 9.79. The Morgan fingerprint density at radius 2 is 1.73 bits per heavy atom. The van der Waals surface area contributed by atoms with Gasteiger partial charge >= 0.3 is 5.97 Å². The summed E-state index contributed by atoms with van der Waals surface area (Å²) in [4.78, 5) is 26.6. The van der Waals surface area contributed by atoms with E-state index < -0.39 is 19.7 Å². The summed E-state index contributed by atoms with van der Waals surface area (Å²) in [5.41, 5.74) is 2.69. The van der Waals surface area contributed by atoms with Crippen LogP contribution in [0.1, 0.15) is 74.6 Å². The molecule has 1 aromatic heterocycles. The van der Waals surface area contributed by atoms with Crippen molar-refractivity contribution in [1.82, 2.24) is 4.57 Å². The van der Waals surface area contributed by atoms with Crippen LogP contribution in [0.25, 0.3) is 10.9 Å². The number of aryl methyl sites for hydroxylation is 2. The van der Waals surface area contributed by atoms with Gasteiger partial charge in [-0.25, -0.2) is 9.18 Å². The summed E-state index contributed by atoms with van der Waals surface area (Å²) in [5.74, 6) is -0.828. The second-order valence-electron chi connectivity index (χ2n) is 12.3. The molecule has 40 heavy (non-hydrogen) atoms. The Bertz CT molecular complexity index is 1390. The molecule has 6 nitrogen and oxygen atoms in total. The molecule has 0 aliphatic carbocycles. The smallest absolute Gasteiger partial charge is 0.343 e. The number of carbonyl (C=O) groups excluding carboxylic acids is 1. The molecule has 0 aliphatic heterocycles. The zero-order chi connectivity index (χ0) is 29.8. The van der Waals surface area contributed by atoms with Crippen LogP contribution in [-0.4, -0.2) is 37.2 Å². The number of hydrogen-bond acceptors (Lipinski definition) is 5. The Morgan fingerprint density at radius 1 is 1.07 bits per heavy atom. The molecule has 0 spiro atoms. The predicted molar refractivity (Wildman–Crippen MR) is 161 cm³/mol. The third-order valence-corrected chi connectivity index (χ3v) is 12.7. The highest BCUT2D eigenvalue weighted by Gasteiger charge is 2.38. The second-order valence-corrected chi connectivity index (χ2v) is 17.1. The van der Waals surface area contributed by atoms with Gasteiger partial charge in [-0.3, -0.25) is 4.79 Å². The van der Waals surface area contributed by atoms with E-state index >= 15 is 0 Å². The van der Waals surface area contributed by atoms with Crippen molar-refractivity contribution in [3.05, 3.63) is 80.9 Å². The molecule has 1 N–H and O–H groups in total. The van der Waals surface area contributed by atoms with Crippen LogP contribution in [0.4, 0.5) is 4.39 Å². The number of esters is 1. The summed E-state index contributed by atoms with van der Waals surface area (Å²) in [6.45, 7) is 17.3. The topological polar surface area (TPSA) is 77.8 Å². The van der Waals surface area contributed by atoms with Gasteiger partial charge in [0.2, 0.25) is 5.43 Å². The fourth-order valence-electron chi connectivity index (χ4n) is 4.53. The largest absolute Gasteiger partial charge is 0.462 e. The maximum Gasteiger partial charge on any atom is 0.343 e. The number of benzene rings is 2. The first kappa shape index (κ1) is 31.7. The van der Waals surface area contributed by atoms with E-state index in [4.69, 9.17) is 9.16 Å². The third-order valence-electron chi connectivity index (χ3n) is 8.16. The van der Waals surface area contributed by atoms with E-state index in [9.17, 15) is 19.1 Å². The van der Waals surface area contributed by atoms with Gasteiger partial charge in [-0.2, -0.15) is 0 Å². The Morgan fingerprint density at radius 3 is 2.27 bits per heavy atom. The molecule has 0 saturated carbocycles. The molecule has 3 aromatic rings. The number of aliphatic hydroxyl groups is 1. The van der Waals surface area contributed by atoms with Gasteiger partial charge in [0, 0.05) is 11.6 Å². The van der Waals surface area contributed by atoms with Gasteiger partial charge in [-0.15, -0.1) is 0 Å². The number of fused-ring (bicyclic) bond motifs is 1. The molecular formula is C32H44FNO5Si. The van der Waals surface area contributed by atoms with E-state index in [0.717, 1.165) is 11.1 Å². The van der Waals surface area contributed by atoms with Crippen LogP contribution in [0.5, 0.6) is 0 Å². The molecule has 218 valence electrons. The van der Waals surface area contributed by atoms with Crippen molar-refractivity contribution in [1.29, 1.82) is 0 Å². The van der Waals surface area contributed by atoms with Gasteiger partial charge in [-0.05, 0) is 84.8 Å². The van der Waals surface area contributed by atoms with Crippen LogP contribution in [0.2, 0.25) is 18.1 Å². The normalized spacial score (nSPS) is 13.2. The van der Waals surface area contributed by atoms with Crippen LogP contribution in [0.15, 0.2) is 47.4 Å². The zero-order valence-electron chi connectivity index (χ0n) is 25.1. The SMILES string of the molecule is CCOC(=O)c1cn([C@H](CO[Si](C)(C)C(C)(C)C)C(C)C)c2cc(CO)c(CCc3ccc(F)cc3)cc2c1=O. The molecule has 0 amide bonds. The van der Waals surface area contributed by atoms with Crippen molar-refractivity contribution < 1.29 is 23.5 Å². The molecule has 0 aliphatic rings. The highest BCUT2D eigenvalue weighted by molar-refractivity contribution is 6.74. The summed E-state index contributed by atoms with van der Waals surface area (Å²) >= 11 is 0. The predicted octanol–water partition coefficient (Wildman–Crippen LogP) is 6.81. The minimum Gasteiger partial charge on any atom is -0.462 e. The molecule has 1 heterocycles. The lowest BCUT2D eigenvalue weighted by Gasteiger charge is -2.38. The minimum atomic E-state index is -2.08. The molecule has 0 radical (unpaired) electrons. The van der Waals surface area contributed by atoms with E-state index in [1.54, 1.807) is 31.3 Å². The Kier molecular flexibility index (Phi) is 10.1. The number of aromatic nitrogens is 1. The van der Waals surface area contributed by atoms with Crippen LogP contribution < -0.4 is 5.43 Å². The Hall–Kier alpha value is -2.81. The van der Waals surface area contributed by atoms with Crippen LogP contribution in [-0.2, 0) is 28.6 Å². The molecule has 3 rings (SSSR count). The van der Waals surface area contributed by atoms with Gasteiger partial charge in [0.25, 0.3) is 0 Å². The van der Waals surface area contributed by atoms with E-state index in [1.165, 1.54) is 12.1 Å². The number of pyridine rings is 1. The quantitative estimate of drug-likeness (QED) is 0.203. The first-order valence-electron chi connectivity index (χ1n) is 14.1. The van der Waals surface area contributed by atoms with Gasteiger partial charge in [0.1, 0.15) is 11.4 Å². The van der Waals surface area contributed by atoms with Crippen molar-refractivity contribution in [3.8, 4) is 0 Å². The fourth-order valence-corrected chi connectivity index (χ4v) is 5.55. The standard InChI is InChI=1S/C32H44FNO5Si/c1-9-38-31(37)27-18-34(29(21(2)3)20-39-40(7,8)32(4,5)6)28-17-24(19-35)23(16-26(28)30(27)36)13-10-22-11-14-25(33)15-12-22/h11-12,14-18,21,29,35H,9-10,13,19-20H2,1-8H3/t29-/m1/s1. The van der Waals surface area contributed by atoms with E-state index in [1.807, 2.05) is 10.6 Å². The zero-order valence-corrected chi connectivity index (χ0v) is 26.1. The molecule has 0 saturated heterocycles. The Labute approximate surface area is 238 Å². The number of ether oxygens (including phenoxy) is 1. The van der Waals surface area contributed by atoms with E-state index in [0.29, 0.717) is 35.9 Å². The lowest BCUT2D eigenvalue weighted by atomic mass is 9.96. The molecular weight excluding hydrogens is 525 g/mol. The monoisotopic (exact) mass is 569 g/mol. The molecule has 8 heteroatoms. The van der Waals surface area contributed by atoms with Gasteiger partial charge in [0.15, 0.2) is 8.32 Å². The number of aliphatic hydroxyl groups excluding tert-OH is 1. The average molecular weight is 570 g/mol. The van der Waals surface area contributed by atoms with Crippen molar-refractivity contribution in [3.63, 3.8) is 0 Å². The van der Waals surface area contributed by atoms with Gasteiger partial charge in [0.05, 0.1) is 31.4 Å². The summed E-state index contributed by atoms with van der Waals surface area (Å²) < 4.78 is 27.2. The third kappa shape index (κ3) is 7.08. The van der Waals surface area contributed by atoms with Crippen LogP contribution in [0.3, 0.4) is 0 Å². The number of halogens is 1. The summed E-state index contributed by atoms with van der Waals surface area (Å²) in [6.07, 6.45) is 2.75. The first-order valence-corrected chi connectivity index (χ1v) is 17.0. The average Bonchev–Trinajstić information content (AvgIpc) is 2.88. The maximum atomic E-state index is 13.7. The van der Waals surface area contributed by atoms with Crippen molar-refractivity contribution >= 4 is 25.2 Å². The first-order chi connectivity index (χ1) is 18.7. The second kappa shape index (κ2) is 12.8. The minimum absolute atomic E-state index is 0.0199. The van der Waals surface area contributed by atoms with Crippen molar-refractivity contribution in [2.24, 2.45) is 5.92 Å². The maximum absolute atomic E-state index is 13.7. The van der Waals surface area contributed by atoms with Gasteiger partial charge < -0.3 is 18.8 Å². The highest BCUT2D eigenvalue weighted by Crippen LogP contribution is 2.38. The number of rotatable bonds is 11. The van der Waals surface area contributed by atoms with E-state index in [2.05, 4.69) is 47.7 Å². The lowest BCUT2D eigenvalue weighted by Crippen LogP contribution is -2.42. The highest BCUT2D eigenvalue weighted by atomic mass is 28.4. The molecule has 2 aromatic carbocycles. The molecule has 0 bridgehead atoms. The molecule has 1 atom stereocenters. The number of hydrogen-bond donors (Lipinski definition) is 1. The number of carbonyl (C=O) groups is 1. The van der Waals surface area contributed by atoms with E-state index in [-0.39, 0.29) is 41.6 Å². The molecule has 0 fully saturated rings. The molecule has 0 unspecified atom stereocenters. The van der Waals surface area contributed by atoms with Crippen molar-refractivity contribution in [2.45, 2.75) is 85.2 Å². The summed E-state index contributed by atoms with van der Waals surface area (Å²) in [5, 5.41) is 10.7. The van der Waals surface area contributed by atoms with Crippen LogP contribution in [0, 0.1) is 11.7 Å². The summed E-state index contributed by atoms with van der Waals surface area (Å²) in [7, 11) is -2.08. The van der Waals surface area contributed by atoms with Crippen molar-refractivity contribution in [2.75, 3.05) is 13.2 Å².